The fraction of sp³-hybridized carbons (Fsp3) is 0.214. The molecule has 1 heterocycles. The number of nitrogens with zero attached hydrogens (tertiary/aromatic N) is 1. The summed E-state index contributed by atoms with van der Waals surface area (Å²) in [5.74, 6) is 5.09. The third kappa shape index (κ3) is 3.28. The molecule has 0 aliphatic heterocycles. The molecule has 6 heteroatoms. The minimum Gasteiger partial charge on any atom is -0.508 e. The summed E-state index contributed by atoms with van der Waals surface area (Å²) < 4.78 is 0. The van der Waals surface area contributed by atoms with Crippen LogP contribution in [0.2, 0.25) is 0 Å². The fourth-order valence-electron chi connectivity index (χ4n) is 1.92. The molecule has 1 aromatic carbocycles. The van der Waals surface area contributed by atoms with Crippen molar-refractivity contribution in [2.24, 2.45) is 5.84 Å². The number of nitrogens with one attached hydrogen (secondary N) is 1. The Bertz CT molecular complexity index is 598. The van der Waals surface area contributed by atoms with E-state index in [1.807, 2.05) is 25.1 Å². The van der Waals surface area contributed by atoms with Gasteiger partial charge in [-0.15, -0.1) is 11.3 Å². The average Bonchev–Trinajstić information content (AvgIpc) is 2.92. The lowest BCUT2D eigenvalue weighted by molar-refractivity contribution is 0.0957. The quantitative estimate of drug-likeness (QED) is 0.448. The van der Waals surface area contributed by atoms with Crippen molar-refractivity contribution in [3.8, 4) is 5.75 Å². The van der Waals surface area contributed by atoms with Crippen LogP contribution in [-0.2, 0) is 6.54 Å². The molecule has 4 N–H and O–H groups in total. The molecular weight excluding hydrogens is 274 g/mol. The topological polar surface area (TPSA) is 78.6 Å². The van der Waals surface area contributed by atoms with Gasteiger partial charge < -0.3 is 10.0 Å². The van der Waals surface area contributed by atoms with Gasteiger partial charge in [0.15, 0.2) is 0 Å². The Morgan fingerprint density at radius 3 is 2.85 bits per heavy atom. The Labute approximate surface area is 121 Å². The number of hydrogen-bond acceptors (Lipinski definition) is 5. The first-order chi connectivity index (χ1) is 9.63. The smallest absolute Gasteiger partial charge is 0.275 e. The van der Waals surface area contributed by atoms with Crippen molar-refractivity contribution in [1.29, 1.82) is 0 Å². The van der Waals surface area contributed by atoms with Crippen LogP contribution in [0, 0.1) is 0 Å². The molecule has 0 radical (unpaired) electrons. The average molecular weight is 291 g/mol. The lowest BCUT2D eigenvalue weighted by atomic mass is 10.2. The van der Waals surface area contributed by atoms with Gasteiger partial charge in [-0.2, -0.15) is 0 Å². The molecule has 106 valence electrons. The molecule has 0 saturated heterocycles. The highest BCUT2D eigenvalue weighted by molar-refractivity contribution is 7.14. The highest BCUT2D eigenvalue weighted by atomic mass is 32.1. The molecule has 1 amide bonds. The van der Waals surface area contributed by atoms with E-state index >= 15 is 0 Å². The molecule has 5 nitrogen and oxygen atoms in total. The lowest BCUT2D eigenvalue weighted by Crippen LogP contribution is -2.29. The number of carbonyl (C=O) groups excluding carboxylic acids is 1. The highest BCUT2D eigenvalue weighted by Gasteiger charge is 2.11. The van der Waals surface area contributed by atoms with Crippen LogP contribution < -0.4 is 16.2 Å². The summed E-state index contributed by atoms with van der Waals surface area (Å²) >= 11 is 1.41. The number of aromatic hydroxyl groups is 1. The molecule has 0 aliphatic carbocycles. The predicted molar refractivity (Wildman–Crippen MR) is 80.8 cm³/mol. The summed E-state index contributed by atoms with van der Waals surface area (Å²) in [6.07, 6.45) is 0. The molecule has 0 atom stereocenters. The number of nitrogen functional groups attached to an aromatic ring is 1. The van der Waals surface area contributed by atoms with Crippen molar-refractivity contribution in [2.75, 3.05) is 11.4 Å². The molecule has 0 saturated carbocycles. The largest absolute Gasteiger partial charge is 0.508 e. The highest BCUT2D eigenvalue weighted by Crippen LogP contribution is 2.24. The minimum absolute atomic E-state index is 0.246. The molecule has 2 rings (SSSR count). The maximum atomic E-state index is 11.4. The molecule has 0 spiro atoms. The number of amides is 1. The number of hydrogen-bond donors (Lipinski definition) is 3. The zero-order chi connectivity index (χ0) is 14.5. The zero-order valence-electron chi connectivity index (χ0n) is 11.2. The molecule has 0 fully saturated rings. The van der Waals surface area contributed by atoms with Crippen LogP contribution in [0.15, 0.2) is 36.4 Å². The number of phenolic OH excluding ortho intramolecular Hbond substituents is 1. The molecular formula is C14H17N3O2S. The lowest BCUT2D eigenvalue weighted by Gasteiger charge is -2.22. The van der Waals surface area contributed by atoms with E-state index in [-0.39, 0.29) is 11.7 Å². The summed E-state index contributed by atoms with van der Waals surface area (Å²) in [7, 11) is 0. The molecule has 0 bridgehead atoms. The van der Waals surface area contributed by atoms with Crippen LogP contribution in [0.25, 0.3) is 0 Å². The van der Waals surface area contributed by atoms with Gasteiger partial charge in [0.2, 0.25) is 0 Å². The summed E-state index contributed by atoms with van der Waals surface area (Å²) in [5, 5.41) is 9.54. The molecule has 0 aliphatic rings. The Hall–Kier alpha value is -2.05. The SMILES string of the molecule is CCN(Cc1ccc(C(=O)NN)s1)c1cccc(O)c1. The first-order valence-electron chi connectivity index (χ1n) is 6.27. The summed E-state index contributed by atoms with van der Waals surface area (Å²) in [5.41, 5.74) is 3.08. The Morgan fingerprint density at radius 1 is 1.40 bits per heavy atom. The second-order valence-corrected chi connectivity index (χ2v) is 5.44. The molecule has 1 aromatic heterocycles. The number of anilines is 1. The number of thiophene rings is 1. The van der Waals surface area contributed by atoms with Gasteiger partial charge in [0.25, 0.3) is 5.91 Å². The number of rotatable bonds is 5. The van der Waals surface area contributed by atoms with E-state index in [1.54, 1.807) is 18.2 Å². The minimum atomic E-state index is -0.276. The summed E-state index contributed by atoms with van der Waals surface area (Å²) in [6, 6.07) is 10.8. The van der Waals surface area contributed by atoms with Crippen molar-refractivity contribution < 1.29 is 9.90 Å². The van der Waals surface area contributed by atoms with E-state index in [4.69, 9.17) is 5.84 Å². The zero-order valence-corrected chi connectivity index (χ0v) is 12.0. The summed E-state index contributed by atoms with van der Waals surface area (Å²) in [6.45, 7) is 3.54. The molecule has 0 unspecified atom stereocenters. The van der Waals surface area contributed by atoms with Crippen molar-refractivity contribution in [2.45, 2.75) is 13.5 Å². The van der Waals surface area contributed by atoms with E-state index in [9.17, 15) is 9.90 Å². The van der Waals surface area contributed by atoms with E-state index in [0.29, 0.717) is 11.4 Å². The van der Waals surface area contributed by atoms with Gasteiger partial charge in [-0.05, 0) is 31.2 Å². The molecule has 20 heavy (non-hydrogen) atoms. The Kier molecular flexibility index (Phi) is 4.60. The number of nitrogens with two attached hydrogens (primary N) is 1. The predicted octanol–water partition coefficient (Wildman–Crippen LogP) is 2.08. The first-order valence-corrected chi connectivity index (χ1v) is 7.09. The van der Waals surface area contributed by atoms with E-state index in [1.165, 1.54) is 11.3 Å². The second-order valence-electron chi connectivity index (χ2n) is 4.27. The third-order valence-corrected chi connectivity index (χ3v) is 4.01. The van der Waals surface area contributed by atoms with E-state index in [2.05, 4.69) is 10.3 Å². The number of carbonyl (C=O) groups is 1. The van der Waals surface area contributed by atoms with E-state index < -0.39 is 0 Å². The van der Waals surface area contributed by atoms with Crippen molar-refractivity contribution in [1.82, 2.24) is 5.43 Å². The van der Waals surface area contributed by atoms with Crippen molar-refractivity contribution in [3.05, 3.63) is 46.2 Å². The monoisotopic (exact) mass is 291 g/mol. The van der Waals surface area contributed by atoms with Crippen molar-refractivity contribution >= 4 is 22.9 Å². The van der Waals surface area contributed by atoms with Gasteiger partial charge in [0.05, 0.1) is 11.4 Å². The standard InChI is InChI=1S/C14H17N3O2S/c1-2-17(10-4-3-5-11(18)8-10)9-12-6-7-13(20-12)14(19)16-15/h3-8,18H,2,9,15H2,1H3,(H,16,19). The Balaban J connectivity index is 2.14. The summed E-state index contributed by atoms with van der Waals surface area (Å²) in [4.78, 5) is 15.2. The molecule has 2 aromatic rings. The third-order valence-electron chi connectivity index (χ3n) is 2.94. The maximum Gasteiger partial charge on any atom is 0.275 e. The van der Waals surface area contributed by atoms with Gasteiger partial charge in [-0.3, -0.25) is 10.2 Å². The second kappa shape index (κ2) is 6.40. The van der Waals surface area contributed by atoms with Gasteiger partial charge in [-0.1, -0.05) is 6.07 Å². The van der Waals surface area contributed by atoms with Crippen LogP contribution in [0.4, 0.5) is 5.69 Å². The normalized spacial score (nSPS) is 10.3. The number of benzene rings is 1. The van der Waals surface area contributed by atoms with Crippen LogP contribution in [-0.4, -0.2) is 17.6 Å². The Morgan fingerprint density at radius 2 is 2.20 bits per heavy atom. The maximum absolute atomic E-state index is 11.4. The van der Waals surface area contributed by atoms with Gasteiger partial charge in [0.1, 0.15) is 5.75 Å². The number of phenols is 1. The van der Waals surface area contributed by atoms with Gasteiger partial charge >= 0.3 is 0 Å². The van der Waals surface area contributed by atoms with Crippen molar-refractivity contribution in [3.63, 3.8) is 0 Å². The van der Waals surface area contributed by atoms with Crippen LogP contribution >= 0.6 is 11.3 Å². The fourth-order valence-corrected chi connectivity index (χ4v) is 2.85. The first kappa shape index (κ1) is 14.4. The number of hydrazine groups is 1. The van der Waals surface area contributed by atoms with E-state index in [0.717, 1.165) is 17.1 Å². The van der Waals surface area contributed by atoms with Gasteiger partial charge in [0, 0.05) is 23.2 Å². The van der Waals surface area contributed by atoms with Crippen LogP contribution in [0.5, 0.6) is 5.75 Å². The van der Waals surface area contributed by atoms with Crippen LogP contribution in [0.1, 0.15) is 21.5 Å². The van der Waals surface area contributed by atoms with Crippen LogP contribution in [0.3, 0.4) is 0 Å². The van der Waals surface area contributed by atoms with Gasteiger partial charge in [-0.25, -0.2) is 5.84 Å².